The number of hydrogen-bond donors (Lipinski definition) is 4. The fourth-order valence-corrected chi connectivity index (χ4v) is 1.11. The third-order valence-corrected chi connectivity index (χ3v) is 1.66. The van der Waals surface area contributed by atoms with Crippen LogP contribution in [0, 0.1) is 0 Å². The molecule has 14 heavy (non-hydrogen) atoms. The number of carboxylic acids is 2. The van der Waals surface area contributed by atoms with Gasteiger partial charge in [0, 0.05) is 12.1 Å². The van der Waals surface area contributed by atoms with E-state index < -0.39 is 24.0 Å². The van der Waals surface area contributed by atoms with Crippen molar-refractivity contribution in [3.05, 3.63) is 11.1 Å². The second-order valence-corrected chi connectivity index (χ2v) is 3.02. The molecular weight excluding hydrogens is 188 g/mol. The number of rotatable bonds is 4. The summed E-state index contributed by atoms with van der Waals surface area (Å²) in [6.45, 7) is 2.80. The monoisotopic (exact) mass is 202 g/mol. The maximum Gasteiger partial charge on any atom is 0.333 e. The van der Waals surface area contributed by atoms with Crippen molar-refractivity contribution in [1.29, 1.82) is 0 Å². The molecule has 80 valence electrons. The molecule has 0 aliphatic rings. The molecule has 6 heteroatoms. The number of nitrogens with two attached hydrogens (primary N) is 2. The summed E-state index contributed by atoms with van der Waals surface area (Å²) in [7, 11) is 0. The standard InChI is InChI=1S/C8H14N2O4/c1-3(9)5(7(11)12)6(4(2)10)8(13)14/h3-4H,9-10H2,1-2H3,(H,11,12)(H,13,14)/b6-5+. The number of hydrogen-bond acceptors (Lipinski definition) is 4. The minimum Gasteiger partial charge on any atom is -0.478 e. The van der Waals surface area contributed by atoms with E-state index in [1.807, 2.05) is 0 Å². The Hall–Kier alpha value is -1.40. The molecule has 0 spiro atoms. The number of carboxylic acid groups (broad SMARTS) is 2. The van der Waals surface area contributed by atoms with E-state index in [1.165, 1.54) is 13.8 Å². The maximum atomic E-state index is 10.7. The average molecular weight is 202 g/mol. The molecule has 0 aliphatic heterocycles. The van der Waals surface area contributed by atoms with Gasteiger partial charge in [0.15, 0.2) is 0 Å². The molecule has 0 aromatic rings. The molecule has 6 N–H and O–H groups in total. The zero-order valence-corrected chi connectivity index (χ0v) is 8.02. The molecule has 0 aromatic carbocycles. The van der Waals surface area contributed by atoms with E-state index >= 15 is 0 Å². The Morgan fingerprint density at radius 3 is 1.21 bits per heavy atom. The Kier molecular flexibility index (Phi) is 4.26. The molecular formula is C8H14N2O4. The lowest BCUT2D eigenvalue weighted by molar-refractivity contribution is -0.136. The predicted molar refractivity (Wildman–Crippen MR) is 49.6 cm³/mol. The Balaban J connectivity index is 5.51. The van der Waals surface area contributed by atoms with Gasteiger partial charge in [-0.15, -0.1) is 0 Å². The summed E-state index contributed by atoms with van der Waals surface area (Å²) >= 11 is 0. The maximum absolute atomic E-state index is 10.7. The third kappa shape index (κ3) is 2.82. The zero-order valence-electron chi connectivity index (χ0n) is 8.02. The first kappa shape index (κ1) is 12.6. The van der Waals surface area contributed by atoms with Crippen LogP contribution in [-0.2, 0) is 9.59 Å². The molecule has 0 fully saturated rings. The van der Waals surface area contributed by atoms with Crippen LogP contribution in [0.4, 0.5) is 0 Å². The van der Waals surface area contributed by atoms with E-state index in [2.05, 4.69) is 0 Å². The average Bonchev–Trinajstić information content (AvgIpc) is 1.96. The van der Waals surface area contributed by atoms with Crippen LogP contribution < -0.4 is 11.5 Å². The Morgan fingerprint density at radius 1 is 0.929 bits per heavy atom. The van der Waals surface area contributed by atoms with Crippen LogP contribution in [0.2, 0.25) is 0 Å². The molecule has 0 aromatic heterocycles. The highest BCUT2D eigenvalue weighted by Crippen LogP contribution is 2.11. The number of carbonyl (C=O) groups is 2. The zero-order chi connectivity index (χ0) is 11.5. The van der Waals surface area contributed by atoms with Crippen LogP contribution in [0.1, 0.15) is 13.8 Å². The van der Waals surface area contributed by atoms with E-state index in [1.54, 1.807) is 0 Å². The lowest BCUT2D eigenvalue weighted by Crippen LogP contribution is -2.33. The van der Waals surface area contributed by atoms with E-state index in [0.29, 0.717) is 0 Å². The summed E-state index contributed by atoms with van der Waals surface area (Å²) in [5, 5.41) is 17.5. The van der Waals surface area contributed by atoms with Crippen molar-refractivity contribution >= 4 is 11.9 Å². The van der Waals surface area contributed by atoms with Gasteiger partial charge >= 0.3 is 11.9 Å². The van der Waals surface area contributed by atoms with Crippen molar-refractivity contribution in [3.63, 3.8) is 0 Å². The highest BCUT2D eigenvalue weighted by Gasteiger charge is 2.25. The van der Waals surface area contributed by atoms with Gasteiger partial charge in [-0.1, -0.05) is 0 Å². The Bertz CT molecular complexity index is 253. The van der Waals surface area contributed by atoms with Crippen molar-refractivity contribution < 1.29 is 19.8 Å². The molecule has 0 amide bonds. The molecule has 2 unspecified atom stereocenters. The summed E-state index contributed by atoms with van der Waals surface area (Å²) in [6, 6.07) is -1.74. The second kappa shape index (κ2) is 4.73. The highest BCUT2D eigenvalue weighted by molar-refractivity contribution is 6.00. The van der Waals surface area contributed by atoms with Crippen LogP contribution in [0.25, 0.3) is 0 Å². The smallest absolute Gasteiger partial charge is 0.333 e. The van der Waals surface area contributed by atoms with Gasteiger partial charge in [-0.25, -0.2) is 9.59 Å². The molecule has 0 rings (SSSR count). The first-order valence-corrected chi connectivity index (χ1v) is 4.00. The van der Waals surface area contributed by atoms with Crippen LogP contribution >= 0.6 is 0 Å². The van der Waals surface area contributed by atoms with Crippen molar-refractivity contribution in [2.24, 2.45) is 11.5 Å². The van der Waals surface area contributed by atoms with E-state index in [9.17, 15) is 9.59 Å². The van der Waals surface area contributed by atoms with Gasteiger partial charge in [0.25, 0.3) is 0 Å². The molecule has 0 radical (unpaired) electrons. The molecule has 0 saturated carbocycles. The first-order valence-electron chi connectivity index (χ1n) is 4.00. The van der Waals surface area contributed by atoms with E-state index in [-0.39, 0.29) is 11.1 Å². The lowest BCUT2D eigenvalue weighted by atomic mass is 9.98. The molecule has 0 saturated heterocycles. The van der Waals surface area contributed by atoms with Gasteiger partial charge in [-0.05, 0) is 13.8 Å². The second-order valence-electron chi connectivity index (χ2n) is 3.02. The van der Waals surface area contributed by atoms with Crippen LogP contribution in [0.15, 0.2) is 11.1 Å². The summed E-state index contributed by atoms with van der Waals surface area (Å²) in [6.07, 6.45) is 0. The predicted octanol–water partition coefficient (Wildman–Crippen LogP) is -0.853. The highest BCUT2D eigenvalue weighted by atomic mass is 16.4. The number of aliphatic carboxylic acids is 2. The van der Waals surface area contributed by atoms with Crippen molar-refractivity contribution in [2.75, 3.05) is 0 Å². The minimum atomic E-state index is -1.35. The van der Waals surface area contributed by atoms with E-state index in [0.717, 1.165) is 0 Å². The fourth-order valence-electron chi connectivity index (χ4n) is 1.11. The molecule has 6 nitrogen and oxygen atoms in total. The SMILES string of the molecule is CC(N)/C(C(=O)O)=C(\C(=O)O)C(C)N. The van der Waals surface area contributed by atoms with E-state index in [4.69, 9.17) is 21.7 Å². The summed E-state index contributed by atoms with van der Waals surface area (Å²) in [5.41, 5.74) is 10.0. The largest absolute Gasteiger partial charge is 0.478 e. The lowest BCUT2D eigenvalue weighted by Gasteiger charge is -2.14. The topological polar surface area (TPSA) is 127 Å². The Labute approximate surface area is 81.2 Å². The first-order chi connectivity index (χ1) is 6.29. The van der Waals surface area contributed by atoms with Crippen molar-refractivity contribution in [3.8, 4) is 0 Å². The van der Waals surface area contributed by atoms with Crippen LogP contribution in [0.3, 0.4) is 0 Å². The summed E-state index contributed by atoms with van der Waals surface area (Å²) in [5.74, 6) is -2.70. The van der Waals surface area contributed by atoms with Gasteiger partial charge in [0.1, 0.15) is 0 Å². The molecule has 0 bridgehead atoms. The molecule has 2 atom stereocenters. The van der Waals surface area contributed by atoms with Crippen LogP contribution in [0.5, 0.6) is 0 Å². The van der Waals surface area contributed by atoms with Gasteiger partial charge in [-0.3, -0.25) is 0 Å². The summed E-state index contributed by atoms with van der Waals surface area (Å²) < 4.78 is 0. The fraction of sp³-hybridized carbons (Fsp3) is 0.500. The third-order valence-electron chi connectivity index (χ3n) is 1.66. The van der Waals surface area contributed by atoms with Gasteiger partial charge in [0.05, 0.1) is 11.1 Å². The normalized spacial score (nSPS) is 16.9. The van der Waals surface area contributed by atoms with Crippen LogP contribution in [-0.4, -0.2) is 34.2 Å². The summed E-state index contributed by atoms with van der Waals surface area (Å²) in [4.78, 5) is 21.5. The van der Waals surface area contributed by atoms with Gasteiger partial charge in [0.2, 0.25) is 0 Å². The van der Waals surface area contributed by atoms with Crippen molar-refractivity contribution in [2.45, 2.75) is 25.9 Å². The minimum absolute atomic E-state index is 0.354. The van der Waals surface area contributed by atoms with Gasteiger partial charge in [-0.2, -0.15) is 0 Å². The quantitative estimate of drug-likeness (QED) is 0.439. The molecule has 0 heterocycles. The van der Waals surface area contributed by atoms with Gasteiger partial charge < -0.3 is 21.7 Å². The Morgan fingerprint density at radius 2 is 1.14 bits per heavy atom. The van der Waals surface area contributed by atoms with Crippen molar-refractivity contribution in [1.82, 2.24) is 0 Å². The molecule has 0 aliphatic carbocycles.